The summed E-state index contributed by atoms with van der Waals surface area (Å²) in [5.41, 5.74) is 1.80. The minimum atomic E-state index is 0.256. The molecule has 5 nitrogen and oxygen atoms in total. The second-order valence-electron chi connectivity index (χ2n) is 4.05. The molecule has 2 heterocycles. The number of aromatic nitrogens is 3. The van der Waals surface area contributed by atoms with Gasteiger partial charge in [0.1, 0.15) is 15.6 Å². The molecule has 7 heteroatoms. The van der Waals surface area contributed by atoms with Crippen molar-refractivity contribution in [2.45, 2.75) is 6.92 Å². The van der Waals surface area contributed by atoms with Crippen molar-refractivity contribution in [3.05, 3.63) is 34.8 Å². The van der Waals surface area contributed by atoms with E-state index in [2.05, 4.69) is 15.2 Å². The highest BCUT2D eigenvalue weighted by molar-refractivity contribution is 7.71. The molecule has 0 fully saturated rings. The zero-order valence-electron chi connectivity index (χ0n) is 10.8. The highest BCUT2D eigenvalue weighted by Gasteiger charge is 2.17. The van der Waals surface area contributed by atoms with Crippen molar-refractivity contribution in [3.8, 4) is 27.1 Å². The van der Waals surface area contributed by atoms with Gasteiger partial charge in [0.05, 0.1) is 18.4 Å². The minimum absolute atomic E-state index is 0.256. The summed E-state index contributed by atoms with van der Waals surface area (Å²) >= 11 is 6.39. The number of nitrogens with one attached hydrogen (secondary N) is 1. The van der Waals surface area contributed by atoms with Crippen LogP contribution in [0, 0.1) is 11.8 Å². The first-order chi connectivity index (χ1) is 9.69. The molecule has 1 N–H and O–H groups in total. The molecule has 0 atom stereocenters. The molecule has 1 aromatic carbocycles. The fourth-order valence-electron chi connectivity index (χ4n) is 1.86. The van der Waals surface area contributed by atoms with Gasteiger partial charge in [0.25, 0.3) is 10.7 Å². The van der Waals surface area contributed by atoms with Crippen LogP contribution < -0.4 is 4.74 Å². The van der Waals surface area contributed by atoms with Crippen molar-refractivity contribution in [1.29, 1.82) is 0 Å². The first kappa shape index (κ1) is 13.0. The van der Waals surface area contributed by atoms with Crippen LogP contribution in [0.1, 0.15) is 5.69 Å². The SMILES string of the molecule is COc1ccccc1-c1nc(C)c(-c2n[nH]c(=S)o2)s1. The maximum absolute atomic E-state index is 5.36. The number of aryl methyl sites for hydroxylation is 1. The van der Waals surface area contributed by atoms with Crippen LogP contribution in [0.2, 0.25) is 0 Å². The van der Waals surface area contributed by atoms with Gasteiger partial charge in [0, 0.05) is 0 Å². The number of rotatable bonds is 3. The van der Waals surface area contributed by atoms with E-state index >= 15 is 0 Å². The maximum atomic E-state index is 5.36. The number of methoxy groups -OCH3 is 1. The molecule has 0 aliphatic rings. The standard InChI is InChI=1S/C13H11N3O2S2/c1-7-10(11-15-16-13(19)18-11)20-12(14-7)8-5-3-4-6-9(8)17-2/h3-6H,1-2H3,(H,16,19). The number of nitrogens with zero attached hydrogens (tertiary/aromatic N) is 2. The molecule has 102 valence electrons. The molecule has 2 aromatic heterocycles. The van der Waals surface area contributed by atoms with Gasteiger partial charge >= 0.3 is 0 Å². The van der Waals surface area contributed by atoms with Crippen molar-refractivity contribution >= 4 is 23.6 Å². The lowest BCUT2D eigenvalue weighted by Crippen LogP contribution is -1.86. The highest BCUT2D eigenvalue weighted by Crippen LogP contribution is 2.37. The van der Waals surface area contributed by atoms with E-state index in [1.807, 2.05) is 31.2 Å². The lowest BCUT2D eigenvalue weighted by Gasteiger charge is -2.04. The summed E-state index contributed by atoms with van der Waals surface area (Å²) in [5, 5.41) is 7.52. The van der Waals surface area contributed by atoms with Crippen molar-refractivity contribution in [2.75, 3.05) is 7.11 Å². The normalized spacial score (nSPS) is 10.7. The number of ether oxygens (including phenoxy) is 1. The average Bonchev–Trinajstić information content (AvgIpc) is 3.04. The zero-order valence-corrected chi connectivity index (χ0v) is 12.5. The predicted octanol–water partition coefficient (Wildman–Crippen LogP) is 3.84. The fourth-order valence-corrected chi connectivity index (χ4v) is 3.01. The minimum Gasteiger partial charge on any atom is -0.496 e. The van der Waals surface area contributed by atoms with Crippen molar-refractivity contribution in [1.82, 2.24) is 15.2 Å². The topological polar surface area (TPSA) is 63.9 Å². The number of H-pyrrole nitrogens is 1. The van der Waals surface area contributed by atoms with Gasteiger partial charge in [0.15, 0.2) is 0 Å². The molecule has 0 unspecified atom stereocenters. The summed E-state index contributed by atoms with van der Waals surface area (Å²) in [6.45, 7) is 1.91. The molecule has 0 radical (unpaired) electrons. The van der Waals surface area contributed by atoms with Gasteiger partial charge in [0.2, 0.25) is 0 Å². The number of benzene rings is 1. The third kappa shape index (κ3) is 2.25. The zero-order chi connectivity index (χ0) is 14.1. The average molecular weight is 305 g/mol. The quantitative estimate of drug-likeness (QED) is 0.745. The Kier molecular flexibility index (Phi) is 3.37. The van der Waals surface area contributed by atoms with Gasteiger partial charge in [-0.05, 0) is 31.3 Å². The molecule has 0 bridgehead atoms. The molecule has 0 aliphatic heterocycles. The van der Waals surface area contributed by atoms with Crippen LogP contribution in [0.5, 0.6) is 5.75 Å². The van der Waals surface area contributed by atoms with E-state index in [9.17, 15) is 0 Å². The molecule has 20 heavy (non-hydrogen) atoms. The summed E-state index contributed by atoms with van der Waals surface area (Å²) in [4.78, 5) is 5.68. The second kappa shape index (κ2) is 5.18. The van der Waals surface area contributed by atoms with Crippen LogP contribution in [-0.2, 0) is 0 Å². The van der Waals surface area contributed by atoms with Gasteiger partial charge in [-0.25, -0.2) is 10.1 Å². The Bertz CT molecular complexity index is 804. The summed E-state index contributed by atoms with van der Waals surface area (Å²) in [6.07, 6.45) is 0. The van der Waals surface area contributed by atoms with Crippen LogP contribution in [0.15, 0.2) is 28.7 Å². The second-order valence-corrected chi connectivity index (χ2v) is 5.42. The Morgan fingerprint density at radius 1 is 1.35 bits per heavy atom. The van der Waals surface area contributed by atoms with Crippen LogP contribution in [0.4, 0.5) is 0 Å². The summed E-state index contributed by atoms with van der Waals surface area (Å²) in [6, 6.07) is 7.76. The molecule has 0 saturated carbocycles. The Labute approximate surface area is 124 Å². The van der Waals surface area contributed by atoms with Gasteiger partial charge in [-0.2, -0.15) is 0 Å². The van der Waals surface area contributed by atoms with Crippen LogP contribution in [0.3, 0.4) is 0 Å². The third-order valence-electron chi connectivity index (χ3n) is 2.77. The Morgan fingerprint density at radius 2 is 2.15 bits per heavy atom. The van der Waals surface area contributed by atoms with E-state index in [-0.39, 0.29) is 4.84 Å². The summed E-state index contributed by atoms with van der Waals surface area (Å²) in [5.74, 6) is 1.25. The summed E-state index contributed by atoms with van der Waals surface area (Å²) < 4.78 is 10.7. The van der Waals surface area contributed by atoms with Gasteiger partial charge < -0.3 is 9.15 Å². The Balaban J connectivity index is 2.11. The molecule has 0 aliphatic carbocycles. The Hall–Kier alpha value is -1.99. The van der Waals surface area contributed by atoms with Crippen LogP contribution in [0.25, 0.3) is 21.3 Å². The monoisotopic (exact) mass is 305 g/mol. The smallest absolute Gasteiger partial charge is 0.284 e. The fraction of sp³-hybridized carbons (Fsp3) is 0.154. The van der Waals surface area contributed by atoms with E-state index in [1.54, 1.807) is 7.11 Å². The Morgan fingerprint density at radius 3 is 2.85 bits per heavy atom. The first-order valence-electron chi connectivity index (χ1n) is 5.85. The molecule has 0 spiro atoms. The third-order valence-corrected chi connectivity index (χ3v) is 4.12. The van der Waals surface area contributed by atoms with Crippen molar-refractivity contribution in [3.63, 3.8) is 0 Å². The van der Waals surface area contributed by atoms with Crippen LogP contribution in [-0.4, -0.2) is 22.3 Å². The molecular weight excluding hydrogens is 294 g/mol. The van der Waals surface area contributed by atoms with Crippen molar-refractivity contribution < 1.29 is 9.15 Å². The number of para-hydroxylation sites is 1. The van der Waals surface area contributed by atoms with Crippen LogP contribution >= 0.6 is 23.6 Å². The molecular formula is C13H11N3O2S2. The van der Waals surface area contributed by atoms with Gasteiger partial charge in [-0.1, -0.05) is 12.1 Å². The van der Waals surface area contributed by atoms with E-state index < -0.39 is 0 Å². The molecule has 3 aromatic rings. The van der Waals surface area contributed by atoms with Gasteiger partial charge in [-0.15, -0.1) is 16.4 Å². The maximum Gasteiger partial charge on any atom is 0.284 e. The summed E-state index contributed by atoms with van der Waals surface area (Å²) in [7, 11) is 1.65. The molecule has 3 rings (SSSR count). The number of hydrogen-bond donors (Lipinski definition) is 1. The first-order valence-corrected chi connectivity index (χ1v) is 7.08. The van der Waals surface area contributed by atoms with Gasteiger partial charge in [-0.3, -0.25) is 0 Å². The largest absolute Gasteiger partial charge is 0.496 e. The molecule has 0 saturated heterocycles. The predicted molar refractivity (Wildman–Crippen MR) is 79.5 cm³/mol. The van der Waals surface area contributed by atoms with E-state index in [1.165, 1.54) is 11.3 Å². The van der Waals surface area contributed by atoms with Crippen molar-refractivity contribution in [2.24, 2.45) is 0 Å². The lowest BCUT2D eigenvalue weighted by molar-refractivity contribution is 0.416. The number of thiazole rings is 1. The number of aromatic amines is 1. The van der Waals surface area contributed by atoms with E-state index in [0.717, 1.165) is 26.9 Å². The molecule has 0 amide bonds. The van der Waals surface area contributed by atoms with E-state index in [4.69, 9.17) is 21.4 Å². The lowest BCUT2D eigenvalue weighted by atomic mass is 10.2. The highest BCUT2D eigenvalue weighted by atomic mass is 32.1. The number of hydrogen-bond acceptors (Lipinski definition) is 6. The van der Waals surface area contributed by atoms with E-state index in [0.29, 0.717) is 5.89 Å².